The summed E-state index contributed by atoms with van der Waals surface area (Å²) in [5.74, 6) is 0. The van der Waals surface area contributed by atoms with Gasteiger partial charge in [-0.15, -0.1) is 0 Å². The molecule has 0 spiro atoms. The molecule has 0 aliphatic carbocycles. The molecule has 95 valence electrons. The van der Waals surface area contributed by atoms with Crippen molar-refractivity contribution in [3.8, 4) is 0 Å². The molecule has 0 aromatic heterocycles. The van der Waals surface area contributed by atoms with Crippen molar-refractivity contribution < 1.29 is 23.0 Å². The van der Waals surface area contributed by atoms with Crippen LogP contribution < -0.4 is 0 Å². The fourth-order valence-corrected chi connectivity index (χ4v) is 2.15. The zero-order chi connectivity index (χ0) is 11.8. The van der Waals surface area contributed by atoms with Crippen LogP contribution in [0.15, 0.2) is 0 Å². The summed E-state index contributed by atoms with van der Waals surface area (Å²) in [5.41, 5.74) is 0. The minimum atomic E-state index is 0.129. The third kappa shape index (κ3) is 6.50. The van der Waals surface area contributed by atoms with E-state index in [9.17, 15) is 0 Å². The Morgan fingerprint density at radius 1 is 0.867 bits per heavy atom. The van der Waals surface area contributed by atoms with Gasteiger partial charge in [0.1, 0.15) is 0 Å². The molecule has 4 nitrogen and oxygen atoms in total. The summed E-state index contributed by atoms with van der Waals surface area (Å²) in [7, 11) is 8.03. The van der Waals surface area contributed by atoms with E-state index in [2.05, 4.69) is 13.8 Å². The van der Waals surface area contributed by atoms with Crippen LogP contribution in [0.3, 0.4) is 0 Å². The van der Waals surface area contributed by atoms with Gasteiger partial charge in [0.05, 0.1) is 0 Å². The maximum absolute atomic E-state index is 5.58. The Kier molecular flexibility index (Phi) is 8.69. The molecule has 0 amide bonds. The minimum absolute atomic E-state index is 0.129. The summed E-state index contributed by atoms with van der Waals surface area (Å²) in [5, 5.41) is 0. The number of hydrogen-bond donors (Lipinski definition) is 0. The molecule has 0 saturated carbocycles. The SMILES string of the molecule is CCC([O][Co][O]C(CC)N(C)C)N(C)C. The zero-order valence-corrected chi connectivity index (χ0v) is 11.7. The van der Waals surface area contributed by atoms with Crippen molar-refractivity contribution in [3.63, 3.8) is 0 Å². The van der Waals surface area contributed by atoms with Gasteiger partial charge in [0.25, 0.3) is 0 Å². The van der Waals surface area contributed by atoms with Gasteiger partial charge >= 0.3 is 100 Å². The first-order valence-electron chi connectivity index (χ1n) is 5.28. The molecule has 0 aliphatic rings. The summed E-state index contributed by atoms with van der Waals surface area (Å²) in [6, 6.07) is 0. The fourth-order valence-electron chi connectivity index (χ4n) is 1.07. The van der Waals surface area contributed by atoms with Gasteiger partial charge < -0.3 is 0 Å². The monoisotopic (exact) mass is 263 g/mol. The second kappa shape index (κ2) is 8.49. The molecule has 0 aromatic carbocycles. The first kappa shape index (κ1) is 15.3. The van der Waals surface area contributed by atoms with Crippen LogP contribution in [0.25, 0.3) is 0 Å². The maximum atomic E-state index is 5.58. The standard InChI is InChI=1S/2C5H12NO.Co/c2*1-4-5(7)6(2)3;/h2*5H,4H2,1-3H3;/q2*-1;+2. The van der Waals surface area contributed by atoms with E-state index in [1.165, 1.54) is 0 Å². The summed E-state index contributed by atoms with van der Waals surface area (Å²) in [6.45, 7) is 4.20. The van der Waals surface area contributed by atoms with Crippen LogP contribution in [-0.4, -0.2) is 50.4 Å². The summed E-state index contributed by atoms with van der Waals surface area (Å²) >= 11 is 0.631. The Labute approximate surface area is 101 Å². The predicted molar refractivity (Wildman–Crippen MR) is 57.7 cm³/mol. The molecule has 0 heterocycles. The van der Waals surface area contributed by atoms with Gasteiger partial charge in [-0.1, -0.05) is 0 Å². The Balaban J connectivity index is 3.75. The number of nitrogens with zero attached hydrogens (tertiary/aromatic N) is 2. The normalized spacial score (nSPS) is 16.3. The molecule has 5 heteroatoms. The van der Waals surface area contributed by atoms with Crippen molar-refractivity contribution in [2.75, 3.05) is 28.2 Å². The van der Waals surface area contributed by atoms with E-state index in [4.69, 9.17) is 7.70 Å². The van der Waals surface area contributed by atoms with Crippen LogP contribution in [0, 0.1) is 0 Å². The van der Waals surface area contributed by atoms with E-state index in [0.29, 0.717) is 15.3 Å². The molecule has 0 radical (unpaired) electrons. The van der Waals surface area contributed by atoms with E-state index in [-0.39, 0.29) is 12.5 Å². The fraction of sp³-hybridized carbons (Fsp3) is 1.00. The third-order valence-corrected chi connectivity index (χ3v) is 2.86. The number of hydrogen-bond acceptors (Lipinski definition) is 4. The van der Waals surface area contributed by atoms with E-state index >= 15 is 0 Å². The molecule has 0 rings (SSSR count). The molecular weight excluding hydrogens is 239 g/mol. The van der Waals surface area contributed by atoms with Crippen molar-refractivity contribution in [2.45, 2.75) is 39.1 Å². The average Bonchev–Trinajstić information content (AvgIpc) is 2.17. The first-order chi connectivity index (χ1) is 7.02. The third-order valence-electron chi connectivity index (χ3n) is 2.10. The Bertz CT molecular complexity index is 140. The van der Waals surface area contributed by atoms with Crippen LogP contribution in [-0.2, 0) is 23.0 Å². The number of rotatable bonds is 8. The van der Waals surface area contributed by atoms with Crippen LogP contribution in [0.2, 0.25) is 0 Å². The molecule has 15 heavy (non-hydrogen) atoms. The molecular formula is C10H24CoN2O2. The second-order valence-electron chi connectivity index (χ2n) is 3.87. The van der Waals surface area contributed by atoms with Gasteiger partial charge in [0, 0.05) is 0 Å². The van der Waals surface area contributed by atoms with Crippen LogP contribution in [0.4, 0.5) is 0 Å². The molecule has 0 N–H and O–H groups in total. The van der Waals surface area contributed by atoms with E-state index < -0.39 is 0 Å². The topological polar surface area (TPSA) is 24.9 Å². The molecule has 2 atom stereocenters. The quantitative estimate of drug-likeness (QED) is 0.620. The van der Waals surface area contributed by atoms with Crippen LogP contribution >= 0.6 is 0 Å². The zero-order valence-electron chi connectivity index (χ0n) is 10.6. The van der Waals surface area contributed by atoms with Crippen molar-refractivity contribution in [1.29, 1.82) is 0 Å². The van der Waals surface area contributed by atoms with Crippen LogP contribution in [0.1, 0.15) is 26.7 Å². The van der Waals surface area contributed by atoms with E-state index in [1.807, 2.05) is 38.0 Å². The van der Waals surface area contributed by atoms with Gasteiger partial charge in [-0.2, -0.15) is 0 Å². The molecule has 0 saturated heterocycles. The average molecular weight is 263 g/mol. The summed E-state index contributed by atoms with van der Waals surface area (Å²) in [6.07, 6.45) is 2.18. The van der Waals surface area contributed by atoms with Gasteiger partial charge in [-0.05, 0) is 0 Å². The predicted octanol–water partition coefficient (Wildman–Crippen LogP) is 1.53. The van der Waals surface area contributed by atoms with Crippen molar-refractivity contribution in [3.05, 3.63) is 0 Å². The van der Waals surface area contributed by atoms with Crippen molar-refractivity contribution >= 4 is 0 Å². The van der Waals surface area contributed by atoms with E-state index in [0.717, 1.165) is 12.8 Å². The Morgan fingerprint density at radius 3 is 1.40 bits per heavy atom. The van der Waals surface area contributed by atoms with Gasteiger partial charge in [-0.3, -0.25) is 0 Å². The Hall–Kier alpha value is 0.346. The van der Waals surface area contributed by atoms with Gasteiger partial charge in [0.2, 0.25) is 0 Å². The van der Waals surface area contributed by atoms with Gasteiger partial charge in [-0.25, -0.2) is 0 Å². The first-order valence-corrected chi connectivity index (χ1v) is 6.13. The summed E-state index contributed by atoms with van der Waals surface area (Å²) in [4.78, 5) is 4.10. The van der Waals surface area contributed by atoms with E-state index in [1.54, 1.807) is 0 Å². The molecule has 0 aliphatic heterocycles. The Morgan fingerprint density at radius 2 is 1.20 bits per heavy atom. The molecule has 0 fully saturated rings. The molecule has 2 unspecified atom stereocenters. The summed E-state index contributed by atoms with van der Waals surface area (Å²) < 4.78 is 11.2. The molecule has 0 bridgehead atoms. The van der Waals surface area contributed by atoms with Crippen molar-refractivity contribution in [2.24, 2.45) is 0 Å². The van der Waals surface area contributed by atoms with Crippen molar-refractivity contribution in [1.82, 2.24) is 9.80 Å². The van der Waals surface area contributed by atoms with Gasteiger partial charge in [0.15, 0.2) is 0 Å². The molecule has 0 aromatic rings. The van der Waals surface area contributed by atoms with Crippen LogP contribution in [0.5, 0.6) is 0 Å². The second-order valence-corrected chi connectivity index (χ2v) is 4.53.